The lowest BCUT2D eigenvalue weighted by Crippen LogP contribution is -2.00. The lowest BCUT2D eigenvalue weighted by atomic mass is 10.1. The molecule has 0 aliphatic heterocycles. The van der Waals surface area contributed by atoms with Gasteiger partial charge < -0.3 is 10.1 Å². The topological polar surface area (TPSA) is 43.3 Å². The van der Waals surface area contributed by atoms with Crippen LogP contribution >= 0.6 is 0 Å². The van der Waals surface area contributed by atoms with Gasteiger partial charge in [0.1, 0.15) is 5.82 Å². The molecule has 2 rings (SSSR count). The van der Waals surface area contributed by atoms with Gasteiger partial charge in [-0.1, -0.05) is 13.8 Å². The number of anilines is 1. The van der Waals surface area contributed by atoms with Crippen LogP contribution in [0.3, 0.4) is 0 Å². The summed E-state index contributed by atoms with van der Waals surface area (Å²) in [7, 11) is 0. The van der Waals surface area contributed by atoms with E-state index >= 15 is 0 Å². The van der Waals surface area contributed by atoms with E-state index in [4.69, 9.17) is 5.73 Å². The zero-order valence-corrected chi connectivity index (χ0v) is 9.49. The minimum atomic E-state index is 0.618. The molecular weight excluding hydrogens is 186 g/mol. The summed E-state index contributed by atoms with van der Waals surface area (Å²) in [5, 5.41) is 0. The van der Waals surface area contributed by atoms with Crippen LogP contribution in [0.25, 0.3) is 5.52 Å². The molecule has 0 atom stereocenters. The number of nitrogens with zero attached hydrogens (tertiary/aromatic N) is 2. The molecule has 0 aromatic carbocycles. The van der Waals surface area contributed by atoms with E-state index in [1.807, 2.05) is 25.3 Å². The molecular formula is C12H17N3. The van der Waals surface area contributed by atoms with Crippen LogP contribution in [0, 0.1) is 12.8 Å². The Bertz CT molecular complexity index is 483. The molecule has 2 N–H and O–H groups in total. The van der Waals surface area contributed by atoms with Gasteiger partial charge in [-0.15, -0.1) is 0 Å². The number of fused-ring (bicyclic) bond motifs is 1. The fourth-order valence-corrected chi connectivity index (χ4v) is 1.83. The summed E-state index contributed by atoms with van der Waals surface area (Å²) in [6, 6.07) is 3.89. The van der Waals surface area contributed by atoms with Gasteiger partial charge in [0, 0.05) is 18.3 Å². The maximum Gasteiger partial charge on any atom is 0.113 e. The van der Waals surface area contributed by atoms with Gasteiger partial charge >= 0.3 is 0 Å². The molecule has 0 bridgehead atoms. The second-order valence-corrected chi connectivity index (χ2v) is 4.43. The third kappa shape index (κ3) is 1.82. The van der Waals surface area contributed by atoms with Crippen LogP contribution in [0.15, 0.2) is 18.3 Å². The van der Waals surface area contributed by atoms with Gasteiger partial charge in [-0.25, -0.2) is 4.98 Å². The number of aromatic nitrogens is 2. The number of pyridine rings is 1. The fraction of sp³-hybridized carbons (Fsp3) is 0.417. The highest BCUT2D eigenvalue weighted by atomic mass is 15.0. The van der Waals surface area contributed by atoms with Crippen LogP contribution in [-0.2, 0) is 6.42 Å². The molecule has 2 aromatic rings. The smallest absolute Gasteiger partial charge is 0.113 e. The van der Waals surface area contributed by atoms with Crippen molar-refractivity contribution in [3.63, 3.8) is 0 Å². The fourth-order valence-electron chi connectivity index (χ4n) is 1.83. The Kier molecular flexibility index (Phi) is 2.39. The number of hydrogen-bond donors (Lipinski definition) is 1. The molecule has 0 saturated carbocycles. The van der Waals surface area contributed by atoms with E-state index in [0.717, 1.165) is 29.1 Å². The predicted octanol–water partition coefficient (Wildman–Crippen LogP) is 2.42. The molecule has 2 aromatic heterocycles. The second kappa shape index (κ2) is 3.57. The zero-order chi connectivity index (χ0) is 11.0. The molecule has 3 nitrogen and oxygen atoms in total. The number of hydrogen-bond acceptors (Lipinski definition) is 2. The first-order chi connectivity index (χ1) is 7.08. The van der Waals surface area contributed by atoms with Gasteiger partial charge in [-0.2, -0.15) is 0 Å². The molecule has 0 radical (unpaired) electrons. The monoisotopic (exact) mass is 203 g/mol. The maximum atomic E-state index is 5.76. The third-order valence-electron chi connectivity index (χ3n) is 2.52. The van der Waals surface area contributed by atoms with Crippen molar-refractivity contribution < 1.29 is 0 Å². The van der Waals surface area contributed by atoms with Gasteiger partial charge in [0.2, 0.25) is 0 Å². The van der Waals surface area contributed by atoms with Gasteiger partial charge in [-0.3, -0.25) is 0 Å². The third-order valence-corrected chi connectivity index (χ3v) is 2.52. The second-order valence-electron chi connectivity index (χ2n) is 4.43. The van der Waals surface area contributed by atoms with Crippen molar-refractivity contribution >= 4 is 11.2 Å². The summed E-state index contributed by atoms with van der Waals surface area (Å²) in [5.74, 6) is 1.74. The molecule has 0 amide bonds. The van der Waals surface area contributed by atoms with E-state index in [1.54, 1.807) is 0 Å². The molecule has 0 saturated heterocycles. The molecule has 3 heteroatoms. The maximum absolute atomic E-state index is 5.76. The highest BCUT2D eigenvalue weighted by molar-refractivity contribution is 5.60. The standard InChI is InChI=1S/C12H17N3/c1-8(2)6-12-14-9(3)11-7-10(13)4-5-15(11)12/h4-5,7-8H,6,13H2,1-3H3. The average molecular weight is 203 g/mol. The van der Waals surface area contributed by atoms with Crippen LogP contribution in [0.2, 0.25) is 0 Å². The van der Waals surface area contributed by atoms with Crippen molar-refractivity contribution in [3.05, 3.63) is 29.8 Å². The van der Waals surface area contributed by atoms with E-state index < -0.39 is 0 Å². The van der Waals surface area contributed by atoms with Crippen molar-refractivity contribution in [1.82, 2.24) is 9.38 Å². The van der Waals surface area contributed by atoms with E-state index in [0.29, 0.717) is 5.92 Å². The normalized spacial score (nSPS) is 11.5. The first-order valence-corrected chi connectivity index (χ1v) is 5.31. The molecule has 0 aliphatic carbocycles. The van der Waals surface area contributed by atoms with Crippen molar-refractivity contribution in [3.8, 4) is 0 Å². The van der Waals surface area contributed by atoms with Gasteiger partial charge in [0.05, 0.1) is 11.2 Å². The highest BCUT2D eigenvalue weighted by Gasteiger charge is 2.09. The summed E-state index contributed by atoms with van der Waals surface area (Å²) in [6.45, 7) is 6.43. The Morgan fingerprint density at radius 2 is 2.20 bits per heavy atom. The summed E-state index contributed by atoms with van der Waals surface area (Å²) in [5.41, 5.74) is 8.73. The summed E-state index contributed by atoms with van der Waals surface area (Å²) in [6.07, 6.45) is 3.00. The van der Waals surface area contributed by atoms with Gasteiger partial charge in [0.15, 0.2) is 0 Å². The minimum absolute atomic E-state index is 0.618. The van der Waals surface area contributed by atoms with E-state index in [9.17, 15) is 0 Å². The van der Waals surface area contributed by atoms with Crippen molar-refractivity contribution in [2.45, 2.75) is 27.2 Å². The van der Waals surface area contributed by atoms with Gasteiger partial charge in [-0.05, 0) is 25.0 Å². The summed E-state index contributed by atoms with van der Waals surface area (Å²) < 4.78 is 2.13. The quantitative estimate of drug-likeness (QED) is 0.814. The van der Waals surface area contributed by atoms with Crippen molar-refractivity contribution in [2.24, 2.45) is 5.92 Å². The number of aryl methyl sites for hydroxylation is 1. The lowest BCUT2D eigenvalue weighted by molar-refractivity contribution is 0.618. The van der Waals surface area contributed by atoms with E-state index in [2.05, 4.69) is 23.2 Å². The van der Waals surface area contributed by atoms with E-state index in [-0.39, 0.29) is 0 Å². The average Bonchev–Trinajstić information content (AvgIpc) is 2.42. The largest absolute Gasteiger partial charge is 0.399 e. The Morgan fingerprint density at radius 1 is 1.47 bits per heavy atom. The van der Waals surface area contributed by atoms with Crippen LogP contribution in [0.5, 0.6) is 0 Å². The lowest BCUT2D eigenvalue weighted by Gasteiger charge is -2.04. The highest BCUT2D eigenvalue weighted by Crippen LogP contribution is 2.17. The molecule has 0 spiro atoms. The molecule has 0 unspecified atom stereocenters. The van der Waals surface area contributed by atoms with E-state index in [1.165, 1.54) is 0 Å². The molecule has 80 valence electrons. The zero-order valence-electron chi connectivity index (χ0n) is 9.49. The Morgan fingerprint density at radius 3 is 2.87 bits per heavy atom. The predicted molar refractivity (Wildman–Crippen MR) is 62.9 cm³/mol. The van der Waals surface area contributed by atoms with Crippen molar-refractivity contribution in [2.75, 3.05) is 5.73 Å². The minimum Gasteiger partial charge on any atom is -0.399 e. The number of rotatable bonds is 2. The summed E-state index contributed by atoms with van der Waals surface area (Å²) in [4.78, 5) is 4.58. The first-order valence-electron chi connectivity index (χ1n) is 5.31. The van der Waals surface area contributed by atoms with Crippen LogP contribution < -0.4 is 5.73 Å². The first kappa shape index (κ1) is 10.0. The molecule has 0 fully saturated rings. The number of nitrogens with two attached hydrogens (primary N) is 1. The molecule has 0 aliphatic rings. The number of imidazole rings is 1. The summed E-state index contributed by atoms with van der Waals surface area (Å²) >= 11 is 0. The van der Waals surface area contributed by atoms with Crippen LogP contribution in [-0.4, -0.2) is 9.38 Å². The Labute approximate surface area is 89.9 Å². The van der Waals surface area contributed by atoms with Gasteiger partial charge in [0.25, 0.3) is 0 Å². The van der Waals surface area contributed by atoms with Crippen LogP contribution in [0.4, 0.5) is 5.69 Å². The molecule has 15 heavy (non-hydrogen) atoms. The van der Waals surface area contributed by atoms with Crippen molar-refractivity contribution in [1.29, 1.82) is 0 Å². The number of nitrogen functional groups attached to an aromatic ring is 1. The Hall–Kier alpha value is -1.51. The SMILES string of the molecule is Cc1nc(CC(C)C)n2ccc(N)cc12. The Balaban J connectivity index is 2.57. The van der Waals surface area contributed by atoms with Crippen LogP contribution in [0.1, 0.15) is 25.4 Å². The molecule has 2 heterocycles.